The smallest absolute Gasteiger partial charge is 0.0934 e. The van der Waals surface area contributed by atoms with Crippen LogP contribution in [0.5, 0.6) is 0 Å². The molecular formula is C12H9ClN2. The predicted octanol–water partition coefficient (Wildman–Crippen LogP) is 2.93. The Morgan fingerprint density at radius 3 is 3.13 bits per heavy atom. The lowest BCUT2D eigenvalue weighted by Crippen LogP contribution is -1.99. The van der Waals surface area contributed by atoms with E-state index < -0.39 is 0 Å². The van der Waals surface area contributed by atoms with Gasteiger partial charge in [0.25, 0.3) is 0 Å². The van der Waals surface area contributed by atoms with Crippen molar-refractivity contribution in [3.63, 3.8) is 0 Å². The molecule has 2 aromatic rings. The maximum atomic E-state index is 5.98. The molecule has 0 amide bonds. The molecule has 74 valence electrons. The number of benzene rings is 1. The SMILES string of the molecule is C#CCNc1cc(Cl)cc2cccnc12. The largest absolute Gasteiger partial charge is 0.372 e. The van der Waals surface area contributed by atoms with E-state index in [0.717, 1.165) is 16.6 Å². The molecule has 0 aliphatic carbocycles. The predicted molar refractivity (Wildman–Crippen MR) is 64.1 cm³/mol. The Morgan fingerprint density at radius 1 is 1.47 bits per heavy atom. The lowest BCUT2D eigenvalue weighted by Gasteiger charge is -2.06. The van der Waals surface area contributed by atoms with Crippen LogP contribution in [0.1, 0.15) is 0 Å². The molecular weight excluding hydrogens is 208 g/mol. The van der Waals surface area contributed by atoms with Gasteiger partial charge in [0.15, 0.2) is 0 Å². The Kier molecular flexibility index (Phi) is 2.75. The van der Waals surface area contributed by atoms with E-state index in [0.29, 0.717) is 11.6 Å². The lowest BCUT2D eigenvalue weighted by molar-refractivity contribution is 1.35. The van der Waals surface area contributed by atoms with Gasteiger partial charge in [-0.05, 0) is 18.2 Å². The van der Waals surface area contributed by atoms with Crippen LogP contribution in [-0.4, -0.2) is 11.5 Å². The molecule has 0 radical (unpaired) electrons. The van der Waals surface area contributed by atoms with Crippen LogP contribution < -0.4 is 5.32 Å². The van der Waals surface area contributed by atoms with Gasteiger partial charge >= 0.3 is 0 Å². The first kappa shape index (κ1) is 9.82. The zero-order valence-corrected chi connectivity index (χ0v) is 8.75. The number of fused-ring (bicyclic) bond motifs is 1. The van der Waals surface area contributed by atoms with E-state index in [4.69, 9.17) is 18.0 Å². The van der Waals surface area contributed by atoms with Gasteiger partial charge in [0.2, 0.25) is 0 Å². The number of anilines is 1. The molecule has 2 nitrogen and oxygen atoms in total. The van der Waals surface area contributed by atoms with Gasteiger partial charge in [0.1, 0.15) is 0 Å². The van der Waals surface area contributed by atoms with E-state index in [1.54, 1.807) is 6.20 Å². The molecule has 1 heterocycles. The maximum Gasteiger partial charge on any atom is 0.0934 e. The van der Waals surface area contributed by atoms with E-state index in [-0.39, 0.29) is 0 Å². The molecule has 0 aliphatic heterocycles. The topological polar surface area (TPSA) is 24.9 Å². The fourth-order valence-corrected chi connectivity index (χ4v) is 1.66. The Bertz CT molecular complexity index is 529. The molecule has 0 unspecified atom stereocenters. The van der Waals surface area contributed by atoms with E-state index in [1.165, 1.54) is 0 Å². The highest BCUT2D eigenvalue weighted by molar-refractivity contribution is 6.31. The van der Waals surface area contributed by atoms with Gasteiger partial charge in [-0.1, -0.05) is 23.6 Å². The zero-order valence-electron chi connectivity index (χ0n) is 8.00. The number of nitrogens with zero attached hydrogens (tertiary/aromatic N) is 1. The van der Waals surface area contributed by atoms with Crippen molar-refractivity contribution < 1.29 is 0 Å². The molecule has 0 saturated heterocycles. The highest BCUT2D eigenvalue weighted by Gasteiger charge is 2.02. The highest BCUT2D eigenvalue weighted by Crippen LogP contribution is 2.25. The summed E-state index contributed by atoms with van der Waals surface area (Å²) < 4.78 is 0. The van der Waals surface area contributed by atoms with Crippen LogP contribution in [0.3, 0.4) is 0 Å². The Balaban J connectivity index is 2.56. The van der Waals surface area contributed by atoms with Gasteiger partial charge < -0.3 is 5.32 Å². The van der Waals surface area contributed by atoms with Crippen molar-refractivity contribution in [1.29, 1.82) is 0 Å². The van der Waals surface area contributed by atoms with Crippen molar-refractivity contribution in [3.8, 4) is 12.3 Å². The normalized spacial score (nSPS) is 9.87. The van der Waals surface area contributed by atoms with Gasteiger partial charge in [0, 0.05) is 16.6 Å². The van der Waals surface area contributed by atoms with Crippen molar-refractivity contribution in [2.45, 2.75) is 0 Å². The number of nitrogens with one attached hydrogen (secondary N) is 1. The van der Waals surface area contributed by atoms with E-state index in [2.05, 4.69) is 16.2 Å². The third kappa shape index (κ3) is 2.03. The summed E-state index contributed by atoms with van der Waals surface area (Å²) in [7, 11) is 0. The summed E-state index contributed by atoms with van der Waals surface area (Å²) in [6.45, 7) is 0.464. The molecule has 1 aromatic heterocycles. The molecule has 1 aromatic carbocycles. The number of hydrogen-bond acceptors (Lipinski definition) is 2. The Morgan fingerprint density at radius 2 is 2.33 bits per heavy atom. The van der Waals surface area contributed by atoms with Crippen LogP contribution in [0.25, 0.3) is 10.9 Å². The quantitative estimate of drug-likeness (QED) is 0.781. The van der Waals surface area contributed by atoms with Crippen molar-refractivity contribution in [2.75, 3.05) is 11.9 Å². The minimum absolute atomic E-state index is 0.464. The van der Waals surface area contributed by atoms with E-state index in [9.17, 15) is 0 Å². The summed E-state index contributed by atoms with van der Waals surface area (Å²) in [6.07, 6.45) is 6.94. The van der Waals surface area contributed by atoms with Crippen molar-refractivity contribution >= 4 is 28.2 Å². The number of rotatable bonds is 2. The second-order valence-electron chi connectivity index (χ2n) is 3.09. The molecule has 0 fully saturated rings. The average Bonchev–Trinajstić information content (AvgIpc) is 2.25. The monoisotopic (exact) mass is 216 g/mol. The minimum atomic E-state index is 0.464. The second-order valence-corrected chi connectivity index (χ2v) is 3.52. The van der Waals surface area contributed by atoms with Crippen LogP contribution in [-0.2, 0) is 0 Å². The van der Waals surface area contributed by atoms with Crippen LogP contribution in [0, 0.1) is 12.3 Å². The number of pyridine rings is 1. The summed E-state index contributed by atoms with van der Waals surface area (Å²) in [6, 6.07) is 7.55. The molecule has 0 spiro atoms. The van der Waals surface area contributed by atoms with Gasteiger partial charge in [0.05, 0.1) is 17.7 Å². The first-order valence-electron chi connectivity index (χ1n) is 4.53. The zero-order chi connectivity index (χ0) is 10.7. The molecule has 3 heteroatoms. The Labute approximate surface area is 93.3 Å². The first-order chi connectivity index (χ1) is 7.31. The van der Waals surface area contributed by atoms with Crippen LogP contribution in [0.15, 0.2) is 30.5 Å². The summed E-state index contributed by atoms with van der Waals surface area (Å²) in [4.78, 5) is 4.29. The summed E-state index contributed by atoms with van der Waals surface area (Å²) >= 11 is 5.98. The van der Waals surface area contributed by atoms with Crippen molar-refractivity contribution in [2.24, 2.45) is 0 Å². The second kappa shape index (κ2) is 4.20. The summed E-state index contributed by atoms with van der Waals surface area (Å²) in [5.74, 6) is 2.52. The number of hydrogen-bond donors (Lipinski definition) is 1. The van der Waals surface area contributed by atoms with Crippen LogP contribution in [0.4, 0.5) is 5.69 Å². The standard InChI is InChI=1S/C12H9ClN2/c1-2-5-14-11-8-10(13)7-9-4-3-6-15-12(9)11/h1,3-4,6-8,14H,5H2. The summed E-state index contributed by atoms with van der Waals surface area (Å²) in [5, 5.41) is 4.78. The fourth-order valence-electron chi connectivity index (χ4n) is 1.44. The molecule has 0 aliphatic rings. The van der Waals surface area contributed by atoms with E-state index >= 15 is 0 Å². The van der Waals surface area contributed by atoms with Gasteiger partial charge in [-0.15, -0.1) is 6.42 Å². The van der Waals surface area contributed by atoms with Gasteiger partial charge in [-0.2, -0.15) is 0 Å². The number of terminal acetylenes is 1. The highest BCUT2D eigenvalue weighted by atomic mass is 35.5. The van der Waals surface area contributed by atoms with Crippen molar-refractivity contribution in [1.82, 2.24) is 4.98 Å². The third-order valence-corrected chi connectivity index (χ3v) is 2.27. The number of aromatic nitrogens is 1. The molecule has 1 N–H and O–H groups in total. The van der Waals surface area contributed by atoms with E-state index in [1.807, 2.05) is 24.3 Å². The molecule has 2 rings (SSSR count). The minimum Gasteiger partial charge on any atom is -0.372 e. The third-order valence-electron chi connectivity index (χ3n) is 2.05. The Hall–Kier alpha value is -1.72. The summed E-state index contributed by atoms with van der Waals surface area (Å²) in [5.41, 5.74) is 1.76. The van der Waals surface area contributed by atoms with Crippen LogP contribution >= 0.6 is 11.6 Å². The molecule has 15 heavy (non-hydrogen) atoms. The van der Waals surface area contributed by atoms with Crippen molar-refractivity contribution in [3.05, 3.63) is 35.5 Å². The average molecular weight is 217 g/mol. The molecule has 0 saturated carbocycles. The van der Waals surface area contributed by atoms with Gasteiger partial charge in [-0.3, -0.25) is 4.98 Å². The maximum absolute atomic E-state index is 5.98. The van der Waals surface area contributed by atoms with Crippen LogP contribution in [0.2, 0.25) is 5.02 Å². The number of halogens is 1. The van der Waals surface area contributed by atoms with Gasteiger partial charge in [-0.25, -0.2) is 0 Å². The fraction of sp³-hybridized carbons (Fsp3) is 0.0833. The molecule has 0 bridgehead atoms. The molecule has 0 atom stereocenters. The first-order valence-corrected chi connectivity index (χ1v) is 4.90. The lowest BCUT2D eigenvalue weighted by atomic mass is 10.2.